The van der Waals surface area contributed by atoms with Gasteiger partial charge in [-0.3, -0.25) is 4.90 Å². The van der Waals surface area contributed by atoms with Crippen molar-refractivity contribution in [3.8, 4) is 23.0 Å². The first-order valence-corrected chi connectivity index (χ1v) is 11.4. The van der Waals surface area contributed by atoms with E-state index in [1.54, 1.807) is 12.1 Å². The zero-order valence-corrected chi connectivity index (χ0v) is 18.2. The van der Waals surface area contributed by atoms with Crippen molar-refractivity contribution in [3.05, 3.63) is 83.9 Å². The standard InChI is InChI=1S/C27H29NO4/c29-22-12-8-20(9-13-22)26-27(32-25-7-3-2-6-24(25)31-26)21-10-14-23(15-11-21)30-19-18-28-16-4-1-5-17-28/h2-3,6-15,26-27,29H,1,4-5,16-19H2/t26-,27+/m0/s1. The molecule has 32 heavy (non-hydrogen) atoms. The summed E-state index contributed by atoms with van der Waals surface area (Å²) in [6.45, 7) is 4.04. The van der Waals surface area contributed by atoms with E-state index in [0.717, 1.165) is 34.9 Å². The molecule has 2 aliphatic rings. The number of nitrogens with zero attached hydrogens (tertiary/aromatic N) is 1. The van der Waals surface area contributed by atoms with Crippen LogP contribution >= 0.6 is 0 Å². The number of hydrogen-bond donors (Lipinski definition) is 1. The molecule has 0 unspecified atom stereocenters. The Kier molecular flexibility index (Phi) is 6.17. The fourth-order valence-electron chi connectivity index (χ4n) is 4.42. The number of likely N-dealkylation sites (tertiary alicyclic amines) is 1. The van der Waals surface area contributed by atoms with Gasteiger partial charge in [-0.05, 0) is 73.5 Å². The van der Waals surface area contributed by atoms with Crippen LogP contribution in [0.3, 0.4) is 0 Å². The van der Waals surface area contributed by atoms with Gasteiger partial charge in [-0.1, -0.05) is 42.8 Å². The molecule has 5 rings (SSSR count). The molecule has 3 aromatic carbocycles. The second kappa shape index (κ2) is 9.53. The molecule has 1 N–H and O–H groups in total. The van der Waals surface area contributed by atoms with E-state index in [1.165, 1.54) is 32.4 Å². The van der Waals surface area contributed by atoms with Crippen LogP contribution in [0.2, 0.25) is 0 Å². The zero-order valence-electron chi connectivity index (χ0n) is 18.2. The van der Waals surface area contributed by atoms with Gasteiger partial charge in [0.15, 0.2) is 23.7 Å². The summed E-state index contributed by atoms with van der Waals surface area (Å²) >= 11 is 0. The number of aromatic hydroxyl groups is 1. The molecule has 2 aliphatic heterocycles. The van der Waals surface area contributed by atoms with Gasteiger partial charge in [0, 0.05) is 6.54 Å². The summed E-state index contributed by atoms with van der Waals surface area (Å²) in [6, 6.07) is 22.9. The first-order chi connectivity index (χ1) is 15.8. The number of phenolic OH excluding ortho intramolecular Hbond substituents is 1. The smallest absolute Gasteiger partial charge is 0.165 e. The van der Waals surface area contributed by atoms with E-state index in [-0.39, 0.29) is 18.0 Å². The third-order valence-electron chi connectivity index (χ3n) is 6.19. The molecule has 2 heterocycles. The van der Waals surface area contributed by atoms with Crippen molar-refractivity contribution in [1.29, 1.82) is 0 Å². The third-order valence-corrected chi connectivity index (χ3v) is 6.19. The first kappa shape index (κ1) is 20.7. The Bertz CT molecular complexity index is 1010. The highest BCUT2D eigenvalue weighted by Gasteiger charge is 2.34. The molecule has 0 saturated carbocycles. The number of hydrogen-bond acceptors (Lipinski definition) is 5. The molecule has 0 aromatic heterocycles. The second-order valence-corrected chi connectivity index (χ2v) is 8.43. The summed E-state index contributed by atoms with van der Waals surface area (Å²) in [5.41, 5.74) is 1.96. The maximum Gasteiger partial charge on any atom is 0.165 e. The highest BCUT2D eigenvalue weighted by molar-refractivity contribution is 5.44. The Hall–Kier alpha value is -3.18. The number of para-hydroxylation sites is 2. The van der Waals surface area contributed by atoms with Gasteiger partial charge >= 0.3 is 0 Å². The Morgan fingerprint density at radius 2 is 1.31 bits per heavy atom. The maximum atomic E-state index is 9.69. The van der Waals surface area contributed by atoms with Gasteiger partial charge in [0.1, 0.15) is 18.1 Å². The van der Waals surface area contributed by atoms with Crippen molar-refractivity contribution in [2.75, 3.05) is 26.2 Å². The highest BCUT2D eigenvalue weighted by Crippen LogP contribution is 2.45. The first-order valence-electron chi connectivity index (χ1n) is 11.4. The largest absolute Gasteiger partial charge is 0.508 e. The Morgan fingerprint density at radius 3 is 1.91 bits per heavy atom. The van der Waals surface area contributed by atoms with E-state index in [0.29, 0.717) is 6.61 Å². The van der Waals surface area contributed by atoms with Crippen LogP contribution in [0, 0.1) is 0 Å². The molecule has 0 radical (unpaired) electrons. The van der Waals surface area contributed by atoms with E-state index < -0.39 is 0 Å². The molecular formula is C27H29NO4. The molecule has 0 amide bonds. The van der Waals surface area contributed by atoms with Crippen LogP contribution in [0.1, 0.15) is 42.6 Å². The van der Waals surface area contributed by atoms with Crippen molar-refractivity contribution >= 4 is 0 Å². The maximum absolute atomic E-state index is 9.69. The average Bonchev–Trinajstić information content (AvgIpc) is 2.85. The molecular weight excluding hydrogens is 402 g/mol. The summed E-state index contributed by atoms with van der Waals surface area (Å²) in [7, 11) is 0. The topological polar surface area (TPSA) is 51.2 Å². The van der Waals surface area contributed by atoms with Crippen LogP contribution in [-0.4, -0.2) is 36.2 Å². The highest BCUT2D eigenvalue weighted by atomic mass is 16.6. The van der Waals surface area contributed by atoms with E-state index in [2.05, 4.69) is 4.90 Å². The summed E-state index contributed by atoms with van der Waals surface area (Å²) in [6.07, 6.45) is 3.31. The fourth-order valence-corrected chi connectivity index (χ4v) is 4.42. The van der Waals surface area contributed by atoms with Crippen molar-refractivity contribution in [1.82, 2.24) is 4.90 Å². The van der Waals surface area contributed by atoms with Crippen LogP contribution < -0.4 is 14.2 Å². The summed E-state index contributed by atoms with van der Waals surface area (Å²) in [5.74, 6) is 2.55. The van der Waals surface area contributed by atoms with Gasteiger partial charge in [-0.15, -0.1) is 0 Å². The summed E-state index contributed by atoms with van der Waals surface area (Å²) in [4.78, 5) is 2.48. The number of benzene rings is 3. The van der Waals surface area contributed by atoms with Crippen molar-refractivity contribution in [2.24, 2.45) is 0 Å². The lowest BCUT2D eigenvalue weighted by Crippen LogP contribution is -2.33. The lowest BCUT2D eigenvalue weighted by molar-refractivity contribution is 0.0183. The van der Waals surface area contributed by atoms with E-state index in [9.17, 15) is 5.11 Å². The van der Waals surface area contributed by atoms with Crippen molar-refractivity contribution in [3.63, 3.8) is 0 Å². The van der Waals surface area contributed by atoms with Gasteiger partial charge in [0.05, 0.1) is 0 Å². The van der Waals surface area contributed by atoms with Crippen LogP contribution in [0.25, 0.3) is 0 Å². The average molecular weight is 432 g/mol. The summed E-state index contributed by atoms with van der Waals surface area (Å²) < 4.78 is 18.7. The van der Waals surface area contributed by atoms with Gasteiger partial charge in [0.25, 0.3) is 0 Å². The SMILES string of the molecule is Oc1ccc([C@@H]2Oc3ccccc3O[C@@H]2c2ccc(OCCN3CCCCC3)cc2)cc1. The lowest BCUT2D eigenvalue weighted by atomic mass is 9.96. The minimum Gasteiger partial charge on any atom is -0.508 e. The van der Waals surface area contributed by atoms with Crippen molar-refractivity contribution < 1.29 is 19.3 Å². The van der Waals surface area contributed by atoms with Crippen LogP contribution in [0.4, 0.5) is 0 Å². The summed E-state index contributed by atoms with van der Waals surface area (Å²) in [5, 5.41) is 9.69. The van der Waals surface area contributed by atoms with E-state index >= 15 is 0 Å². The Balaban J connectivity index is 1.31. The molecule has 2 atom stereocenters. The Labute approximate surface area is 189 Å². The van der Waals surface area contributed by atoms with Gasteiger partial charge in [-0.2, -0.15) is 0 Å². The quantitative estimate of drug-likeness (QED) is 0.558. The molecule has 166 valence electrons. The Morgan fingerprint density at radius 1 is 0.750 bits per heavy atom. The molecule has 0 bridgehead atoms. The van der Waals surface area contributed by atoms with Crippen LogP contribution in [-0.2, 0) is 0 Å². The van der Waals surface area contributed by atoms with Crippen LogP contribution in [0.5, 0.6) is 23.0 Å². The van der Waals surface area contributed by atoms with Crippen molar-refractivity contribution in [2.45, 2.75) is 31.5 Å². The predicted octanol–water partition coefficient (Wildman–Crippen LogP) is 5.51. The minimum absolute atomic E-state index is 0.230. The van der Waals surface area contributed by atoms with Crippen LogP contribution in [0.15, 0.2) is 72.8 Å². The molecule has 3 aromatic rings. The van der Waals surface area contributed by atoms with Gasteiger partial charge in [0.2, 0.25) is 0 Å². The lowest BCUT2D eigenvalue weighted by Gasteiger charge is -2.34. The molecule has 5 nitrogen and oxygen atoms in total. The van der Waals surface area contributed by atoms with E-state index in [4.69, 9.17) is 14.2 Å². The van der Waals surface area contributed by atoms with E-state index in [1.807, 2.05) is 60.7 Å². The molecule has 5 heteroatoms. The molecule has 0 spiro atoms. The second-order valence-electron chi connectivity index (χ2n) is 8.43. The normalized spacial score (nSPS) is 20.6. The molecule has 0 aliphatic carbocycles. The number of phenols is 1. The minimum atomic E-state index is -0.323. The molecule has 1 fully saturated rings. The number of fused-ring (bicyclic) bond motifs is 1. The number of piperidine rings is 1. The third kappa shape index (κ3) is 4.68. The van der Waals surface area contributed by atoms with Gasteiger partial charge < -0.3 is 19.3 Å². The zero-order chi connectivity index (χ0) is 21.8. The predicted molar refractivity (Wildman–Crippen MR) is 124 cm³/mol. The molecule has 1 saturated heterocycles. The number of rotatable bonds is 6. The number of ether oxygens (including phenoxy) is 3. The fraction of sp³-hybridized carbons (Fsp3) is 0.333. The monoisotopic (exact) mass is 431 g/mol. The van der Waals surface area contributed by atoms with Gasteiger partial charge in [-0.25, -0.2) is 0 Å².